The molecule has 0 spiro atoms. The number of aryl methyl sites for hydroxylation is 2. The van der Waals surface area contributed by atoms with E-state index in [2.05, 4.69) is 46.7 Å². The molecule has 2 amide bonds. The highest BCUT2D eigenvalue weighted by Crippen LogP contribution is 2.41. The number of hydrogen-bond acceptors (Lipinski definition) is 5. The van der Waals surface area contributed by atoms with E-state index < -0.39 is 11.7 Å². The van der Waals surface area contributed by atoms with Crippen LogP contribution in [0.4, 0.5) is 4.79 Å². The van der Waals surface area contributed by atoms with E-state index in [1.165, 1.54) is 11.1 Å². The number of aromatic nitrogens is 3. The average molecular weight is 454 g/mol. The van der Waals surface area contributed by atoms with Gasteiger partial charge in [0.1, 0.15) is 18.0 Å². The highest BCUT2D eigenvalue weighted by Gasteiger charge is 2.41. The third kappa shape index (κ3) is 5.04. The van der Waals surface area contributed by atoms with Gasteiger partial charge in [-0.1, -0.05) is 29.8 Å². The van der Waals surface area contributed by atoms with Crippen LogP contribution < -0.4 is 5.32 Å². The van der Waals surface area contributed by atoms with Gasteiger partial charge in [0.05, 0.1) is 6.54 Å². The van der Waals surface area contributed by atoms with Crippen molar-refractivity contribution < 1.29 is 14.3 Å². The summed E-state index contributed by atoms with van der Waals surface area (Å²) in [5.41, 5.74) is 1.71. The molecule has 1 aromatic heterocycles. The van der Waals surface area contributed by atoms with Gasteiger partial charge in [0.25, 0.3) is 0 Å². The normalized spacial score (nSPS) is 23.2. The van der Waals surface area contributed by atoms with Gasteiger partial charge in [-0.05, 0) is 65.9 Å². The van der Waals surface area contributed by atoms with Crippen LogP contribution in [0.25, 0.3) is 0 Å². The highest BCUT2D eigenvalue weighted by molar-refractivity contribution is 5.77. The van der Waals surface area contributed by atoms with E-state index in [0.717, 1.165) is 37.3 Å². The van der Waals surface area contributed by atoms with Gasteiger partial charge >= 0.3 is 6.09 Å². The molecule has 1 aliphatic heterocycles. The summed E-state index contributed by atoms with van der Waals surface area (Å²) in [6, 6.07) is 8.71. The van der Waals surface area contributed by atoms with E-state index in [1.807, 2.05) is 37.2 Å². The molecule has 1 aromatic carbocycles. The van der Waals surface area contributed by atoms with Crippen LogP contribution in [0, 0.1) is 13.8 Å². The Bertz CT molecular complexity index is 1030. The molecule has 1 aliphatic carbocycles. The number of fused-ring (bicyclic) bond motifs is 1. The Balaban J connectivity index is 1.49. The molecule has 1 fully saturated rings. The minimum Gasteiger partial charge on any atom is -0.444 e. The van der Waals surface area contributed by atoms with E-state index >= 15 is 0 Å². The fourth-order valence-electron chi connectivity index (χ4n) is 5.11. The van der Waals surface area contributed by atoms with E-state index in [9.17, 15) is 9.59 Å². The molecule has 8 nitrogen and oxygen atoms in total. The zero-order chi connectivity index (χ0) is 23.8. The SMILES string of the molecule is Cc1cccc(C2(CNC(=O)OC(C)(C)C)CCC(N3Cc4nnc(C)n4CC3=O)CC2)c1. The third-order valence-corrected chi connectivity index (χ3v) is 6.89. The molecule has 1 saturated carbocycles. The van der Waals surface area contributed by atoms with Gasteiger partial charge < -0.3 is 19.5 Å². The average Bonchev–Trinajstić information content (AvgIpc) is 3.11. The number of nitrogens with one attached hydrogen (secondary N) is 1. The maximum absolute atomic E-state index is 12.9. The number of carbonyl (C=O) groups is 2. The van der Waals surface area contributed by atoms with E-state index in [0.29, 0.717) is 19.6 Å². The van der Waals surface area contributed by atoms with Crippen LogP contribution in [0.1, 0.15) is 69.2 Å². The highest BCUT2D eigenvalue weighted by atomic mass is 16.6. The molecule has 2 aliphatic rings. The Morgan fingerprint density at radius 1 is 1.18 bits per heavy atom. The minimum absolute atomic E-state index is 0.130. The monoisotopic (exact) mass is 453 g/mol. The second-order valence-corrected chi connectivity index (χ2v) is 10.5. The van der Waals surface area contributed by atoms with Crippen molar-refractivity contribution in [2.24, 2.45) is 0 Å². The van der Waals surface area contributed by atoms with Crippen LogP contribution in [0.3, 0.4) is 0 Å². The minimum atomic E-state index is -0.536. The second-order valence-electron chi connectivity index (χ2n) is 10.5. The quantitative estimate of drug-likeness (QED) is 0.763. The Kier molecular flexibility index (Phi) is 6.20. The summed E-state index contributed by atoms with van der Waals surface area (Å²) < 4.78 is 7.39. The van der Waals surface area contributed by atoms with Gasteiger partial charge in [-0.2, -0.15) is 0 Å². The van der Waals surface area contributed by atoms with E-state index in [-0.39, 0.29) is 17.4 Å². The number of benzene rings is 1. The van der Waals surface area contributed by atoms with Crippen LogP contribution in [-0.2, 0) is 28.0 Å². The Morgan fingerprint density at radius 3 is 2.58 bits per heavy atom. The predicted octanol–water partition coefficient (Wildman–Crippen LogP) is 3.64. The molecule has 8 heteroatoms. The second kappa shape index (κ2) is 8.80. The first-order chi connectivity index (χ1) is 15.6. The van der Waals surface area contributed by atoms with Crippen LogP contribution in [0.5, 0.6) is 0 Å². The van der Waals surface area contributed by atoms with Crippen molar-refractivity contribution in [3.8, 4) is 0 Å². The molecule has 4 rings (SSSR count). The number of ether oxygens (including phenoxy) is 1. The fraction of sp³-hybridized carbons (Fsp3) is 0.600. The molecule has 2 aromatic rings. The fourth-order valence-corrected chi connectivity index (χ4v) is 5.11. The molecule has 1 N–H and O–H groups in total. The molecule has 2 heterocycles. The zero-order valence-electron chi connectivity index (χ0n) is 20.4. The van der Waals surface area contributed by atoms with Crippen LogP contribution in [0.2, 0.25) is 0 Å². The lowest BCUT2D eigenvalue weighted by atomic mass is 9.67. The van der Waals surface area contributed by atoms with E-state index in [4.69, 9.17) is 4.74 Å². The van der Waals surface area contributed by atoms with Gasteiger partial charge in [-0.3, -0.25) is 4.79 Å². The zero-order valence-corrected chi connectivity index (χ0v) is 20.4. The molecular weight excluding hydrogens is 418 g/mol. The first-order valence-corrected chi connectivity index (χ1v) is 11.8. The van der Waals surface area contributed by atoms with E-state index in [1.54, 1.807) is 0 Å². The predicted molar refractivity (Wildman–Crippen MR) is 125 cm³/mol. The smallest absolute Gasteiger partial charge is 0.407 e. The molecule has 0 saturated heterocycles. The summed E-state index contributed by atoms with van der Waals surface area (Å²) >= 11 is 0. The number of alkyl carbamates (subject to hydrolysis) is 1. The largest absolute Gasteiger partial charge is 0.444 e. The van der Waals surface area contributed by atoms with Crippen LogP contribution in [-0.4, -0.2) is 49.9 Å². The van der Waals surface area contributed by atoms with Crippen LogP contribution >= 0.6 is 0 Å². The molecular formula is C25H35N5O3. The lowest BCUT2D eigenvalue weighted by Crippen LogP contribution is -2.51. The molecule has 178 valence electrons. The van der Waals surface area contributed by atoms with Gasteiger partial charge in [0, 0.05) is 18.0 Å². The van der Waals surface area contributed by atoms with Gasteiger partial charge in [-0.15, -0.1) is 10.2 Å². The van der Waals surface area contributed by atoms with Crippen molar-refractivity contribution in [2.75, 3.05) is 6.54 Å². The summed E-state index contributed by atoms with van der Waals surface area (Å²) in [7, 11) is 0. The van der Waals surface area contributed by atoms with Crippen molar-refractivity contribution in [1.82, 2.24) is 25.0 Å². The van der Waals surface area contributed by atoms with Crippen molar-refractivity contribution in [3.05, 3.63) is 47.0 Å². The summed E-state index contributed by atoms with van der Waals surface area (Å²) in [5.74, 6) is 1.77. The van der Waals surface area contributed by atoms with Crippen molar-refractivity contribution in [3.63, 3.8) is 0 Å². The van der Waals surface area contributed by atoms with Gasteiger partial charge in [0.15, 0.2) is 5.82 Å². The van der Waals surface area contributed by atoms with Crippen molar-refractivity contribution in [2.45, 2.75) is 90.4 Å². The lowest BCUT2D eigenvalue weighted by Gasteiger charge is -2.45. The Labute approximate surface area is 195 Å². The van der Waals surface area contributed by atoms with Crippen LogP contribution in [0.15, 0.2) is 24.3 Å². The summed E-state index contributed by atoms with van der Waals surface area (Å²) in [4.78, 5) is 27.3. The number of nitrogens with zero attached hydrogens (tertiary/aromatic N) is 4. The topological polar surface area (TPSA) is 89.3 Å². The standard InChI is InChI=1S/C25H35N5O3/c1-17-7-6-8-19(13-17)25(16-26-23(32)33-24(3,4)5)11-9-20(10-12-25)30-14-21-28-27-18(2)29(21)15-22(30)31/h6-8,13,20H,9-12,14-16H2,1-5H3,(H,26,32). The first kappa shape index (κ1) is 23.3. The third-order valence-electron chi connectivity index (χ3n) is 6.89. The Morgan fingerprint density at radius 2 is 1.91 bits per heavy atom. The van der Waals surface area contributed by atoms with Gasteiger partial charge in [0.2, 0.25) is 5.91 Å². The Hall–Kier alpha value is -2.90. The molecule has 0 unspecified atom stereocenters. The molecule has 0 radical (unpaired) electrons. The molecule has 0 atom stereocenters. The summed E-state index contributed by atoms with van der Waals surface area (Å²) in [6.45, 7) is 10.9. The summed E-state index contributed by atoms with van der Waals surface area (Å²) in [5, 5.41) is 11.4. The maximum atomic E-state index is 12.9. The summed E-state index contributed by atoms with van der Waals surface area (Å²) in [6.07, 6.45) is 3.13. The number of rotatable bonds is 4. The van der Waals surface area contributed by atoms with Crippen molar-refractivity contribution >= 4 is 12.0 Å². The lowest BCUT2D eigenvalue weighted by molar-refractivity contribution is -0.138. The molecule has 33 heavy (non-hydrogen) atoms. The number of carbonyl (C=O) groups excluding carboxylic acids is 2. The number of hydrogen-bond donors (Lipinski definition) is 1. The number of amides is 2. The maximum Gasteiger partial charge on any atom is 0.407 e. The van der Waals surface area contributed by atoms with Crippen molar-refractivity contribution in [1.29, 1.82) is 0 Å². The first-order valence-electron chi connectivity index (χ1n) is 11.8. The molecule has 0 bridgehead atoms. The van der Waals surface area contributed by atoms with Gasteiger partial charge in [-0.25, -0.2) is 4.79 Å².